The number of aromatic nitrogens is 3. The Hall–Kier alpha value is -0.900. The van der Waals surface area contributed by atoms with Gasteiger partial charge in [0.1, 0.15) is 0 Å². The lowest BCUT2D eigenvalue weighted by Crippen LogP contribution is -2.29. The standard InChI is InChI=1S/C10H18N4/c1-2-4-10(11-6-3-1)5-8-14-9-7-12-13-14/h7,9-11H,1-6,8H2. The zero-order valence-corrected chi connectivity index (χ0v) is 8.52. The molecule has 0 aromatic carbocycles. The van der Waals surface area contributed by atoms with E-state index in [1.807, 2.05) is 10.9 Å². The molecule has 0 bridgehead atoms. The summed E-state index contributed by atoms with van der Waals surface area (Å²) in [5.74, 6) is 0. The fraction of sp³-hybridized carbons (Fsp3) is 0.800. The van der Waals surface area contributed by atoms with Crippen molar-refractivity contribution in [2.24, 2.45) is 0 Å². The Balaban J connectivity index is 1.73. The van der Waals surface area contributed by atoms with Crippen molar-refractivity contribution in [2.45, 2.75) is 44.7 Å². The SMILES string of the molecule is c1cn(CCC2CCCCCN2)nn1. The molecule has 1 aliphatic heterocycles. The van der Waals surface area contributed by atoms with Crippen molar-refractivity contribution >= 4 is 0 Å². The molecule has 1 atom stereocenters. The van der Waals surface area contributed by atoms with Gasteiger partial charge in [-0.15, -0.1) is 5.10 Å². The van der Waals surface area contributed by atoms with Crippen LogP contribution in [0.15, 0.2) is 12.4 Å². The predicted molar refractivity (Wildman–Crippen MR) is 54.9 cm³/mol. The lowest BCUT2D eigenvalue weighted by molar-refractivity contribution is 0.427. The van der Waals surface area contributed by atoms with E-state index in [1.165, 1.54) is 38.6 Å². The normalized spacial score (nSPS) is 23.3. The van der Waals surface area contributed by atoms with Crippen molar-refractivity contribution in [3.05, 3.63) is 12.4 Å². The Morgan fingerprint density at radius 2 is 2.36 bits per heavy atom. The van der Waals surface area contributed by atoms with E-state index < -0.39 is 0 Å². The maximum Gasteiger partial charge on any atom is 0.0692 e. The van der Waals surface area contributed by atoms with Crippen molar-refractivity contribution in [3.63, 3.8) is 0 Å². The molecular formula is C10H18N4. The number of aryl methyl sites for hydroxylation is 1. The minimum Gasteiger partial charge on any atom is -0.314 e. The average Bonchev–Trinajstić information content (AvgIpc) is 2.58. The van der Waals surface area contributed by atoms with E-state index in [9.17, 15) is 0 Å². The highest BCUT2D eigenvalue weighted by Gasteiger charge is 2.10. The first-order valence-electron chi connectivity index (χ1n) is 5.52. The van der Waals surface area contributed by atoms with Crippen LogP contribution >= 0.6 is 0 Å². The van der Waals surface area contributed by atoms with E-state index >= 15 is 0 Å². The second kappa shape index (κ2) is 5.10. The van der Waals surface area contributed by atoms with Gasteiger partial charge < -0.3 is 5.32 Å². The summed E-state index contributed by atoms with van der Waals surface area (Å²) in [7, 11) is 0. The third kappa shape index (κ3) is 2.80. The van der Waals surface area contributed by atoms with Gasteiger partial charge in [0, 0.05) is 18.8 Å². The van der Waals surface area contributed by atoms with Crippen molar-refractivity contribution in [2.75, 3.05) is 6.54 Å². The molecule has 1 aromatic rings. The van der Waals surface area contributed by atoms with Gasteiger partial charge in [-0.05, 0) is 25.8 Å². The molecule has 1 aromatic heterocycles. The van der Waals surface area contributed by atoms with Gasteiger partial charge in [0.15, 0.2) is 0 Å². The summed E-state index contributed by atoms with van der Waals surface area (Å²) in [6.07, 6.45) is 10.2. The van der Waals surface area contributed by atoms with E-state index in [1.54, 1.807) is 6.20 Å². The second-order valence-electron chi connectivity index (χ2n) is 3.96. The van der Waals surface area contributed by atoms with Gasteiger partial charge >= 0.3 is 0 Å². The highest BCUT2D eigenvalue weighted by molar-refractivity contribution is 4.72. The first kappa shape index (κ1) is 9.65. The van der Waals surface area contributed by atoms with E-state index in [4.69, 9.17) is 0 Å². The Labute approximate surface area is 84.7 Å². The van der Waals surface area contributed by atoms with Crippen LogP contribution in [0.3, 0.4) is 0 Å². The molecule has 0 amide bonds. The molecule has 14 heavy (non-hydrogen) atoms. The fourth-order valence-corrected chi connectivity index (χ4v) is 1.99. The molecule has 0 saturated carbocycles. The third-order valence-electron chi connectivity index (χ3n) is 2.84. The first-order valence-corrected chi connectivity index (χ1v) is 5.52. The van der Waals surface area contributed by atoms with Crippen molar-refractivity contribution < 1.29 is 0 Å². The molecule has 2 rings (SSSR count). The number of rotatable bonds is 3. The summed E-state index contributed by atoms with van der Waals surface area (Å²) < 4.78 is 1.91. The minimum absolute atomic E-state index is 0.682. The summed E-state index contributed by atoms with van der Waals surface area (Å²) in [6, 6.07) is 0.682. The quantitative estimate of drug-likeness (QED) is 0.786. The minimum atomic E-state index is 0.682. The summed E-state index contributed by atoms with van der Waals surface area (Å²) in [5.41, 5.74) is 0. The summed E-state index contributed by atoms with van der Waals surface area (Å²) in [6.45, 7) is 2.17. The summed E-state index contributed by atoms with van der Waals surface area (Å²) in [5, 5.41) is 11.3. The molecule has 4 nitrogen and oxygen atoms in total. The lowest BCUT2D eigenvalue weighted by atomic mass is 10.1. The molecule has 1 saturated heterocycles. The molecule has 1 aliphatic rings. The van der Waals surface area contributed by atoms with Crippen LogP contribution in [0, 0.1) is 0 Å². The maximum atomic E-state index is 3.96. The number of hydrogen-bond acceptors (Lipinski definition) is 3. The van der Waals surface area contributed by atoms with Crippen LogP contribution in [-0.4, -0.2) is 27.6 Å². The summed E-state index contributed by atoms with van der Waals surface area (Å²) in [4.78, 5) is 0. The van der Waals surface area contributed by atoms with Gasteiger partial charge in [0.25, 0.3) is 0 Å². The van der Waals surface area contributed by atoms with Gasteiger partial charge in [0.05, 0.1) is 6.20 Å². The Bertz CT molecular complexity index is 237. The molecular weight excluding hydrogens is 176 g/mol. The number of hydrogen-bond donors (Lipinski definition) is 1. The van der Waals surface area contributed by atoms with Gasteiger partial charge in [-0.2, -0.15) is 0 Å². The molecule has 1 N–H and O–H groups in total. The van der Waals surface area contributed by atoms with Crippen LogP contribution < -0.4 is 5.32 Å². The van der Waals surface area contributed by atoms with E-state index in [0.717, 1.165) is 6.54 Å². The van der Waals surface area contributed by atoms with E-state index in [-0.39, 0.29) is 0 Å². The first-order chi connectivity index (χ1) is 6.95. The summed E-state index contributed by atoms with van der Waals surface area (Å²) >= 11 is 0. The van der Waals surface area contributed by atoms with Crippen LogP contribution in [0.25, 0.3) is 0 Å². The predicted octanol–water partition coefficient (Wildman–Crippen LogP) is 1.20. The van der Waals surface area contributed by atoms with Crippen LogP contribution in [-0.2, 0) is 6.54 Å². The second-order valence-corrected chi connectivity index (χ2v) is 3.96. The average molecular weight is 194 g/mol. The van der Waals surface area contributed by atoms with Crippen LogP contribution in [0.4, 0.5) is 0 Å². The molecule has 78 valence electrons. The van der Waals surface area contributed by atoms with Crippen molar-refractivity contribution in [1.29, 1.82) is 0 Å². The Morgan fingerprint density at radius 3 is 3.21 bits per heavy atom. The fourth-order valence-electron chi connectivity index (χ4n) is 1.99. The molecule has 2 heterocycles. The van der Waals surface area contributed by atoms with Crippen molar-refractivity contribution in [1.82, 2.24) is 20.3 Å². The van der Waals surface area contributed by atoms with Gasteiger partial charge in [-0.1, -0.05) is 18.1 Å². The number of nitrogens with zero attached hydrogens (tertiary/aromatic N) is 3. The van der Waals surface area contributed by atoms with Gasteiger partial charge in [-0.25, -0.2) is 0 Å². The zero-order chi connectivity index (χ0) is 9.64. The smallest absolute Gasteiger partial charge is 0.0692 e. The zero-order valence-electron chi connectivity index (χ0n) is 8.52. The monoisotopic (exact) mass is 194 g/mol. The van der Waals surface area contributed by atoms with Gasteiger partial charge in [-0.3, -0.25) is 4.68 Å². The number of nitrogens with one attached hydrogen (secondary N) is 1. The molecule has 0 radical (unpaired) electrons. The van der Waals surface area contributed by atoms with Crippen LogP contribution in [0.1, 0.15) is 32.1 Å². The molecule has 1 unspecified atom stereocenters. The third-order valence-corrected chi connectivity index (χ3v) is 2.84. The Kier molecular flexibility index (Phi) is 3.51. The molecule has 0 spiro atoms. The molecule has 1 fully saturated rings. The Morgan fingerprint density at radius 1 is 1.36 bits per heavy atom. The van der Waals surface area contributed by atoms with Gasteiger partial charge in [0.2, 0.25) is 0 Å². The topological polar surface area (TPSA) is 42.7 Å². The highest BCUT2D eigenvalue weighted by atomic mass is 15.4. The largest absolute Gasteiger partial charge is 0.314 e. The maximum absolute atomic E-state index is 3.96. The van der Waals surface area contributed by atoms with E-state index in [2.05, 4.69) is 15.6 Å². The van der Waals surface area contributed by atoms with Crippen molar-refractivity contribution in [3.8, 4) is 0 Å². The van der Waals surface area contributed by atoms with Crippen LogP contribution in [0.5, 0.6) is 0 Å². The highest BCUT2D eigenvalue weighted by Crippen LogP contribution is 2.11. The molecule has 4 heteroatoms. The lowest BCUT2D eigenvalue weighted by Gasteiger charge is -2.14. The molecule has 0 aliphatic carbocycles. The van der Waals surface area contributed by atoms with E-state index in [0.29, 0.717) is 6.04 Å². The van der Waals surface area contributed by atoms with Crippen LogP contribution in [0.2, 0.25) is 0 Å².